The Balaban J connectivity index is 0.00000225. The molecule has 3 N–H and O–H groups in total. The van der Waals surface area contributed by atoms with Crippen LogP contribution in [0.2, 0.25) is 0 Å². The van der Waals surface area contributed by atoms with Crippen LogP contribution in [0.1, 0.15) is 19.8 Å². The Labute approximate surface area is 100 Å². The molecule has 1 aliphatic rings. The van der Waals surface area contributed by atoms with Crippen molar-refractivity contribution in [2.75, 3.05) is 13.2 Å². The molecule has 0 spiro atoms. The Kier molecular flexibility index (Phi) is 5.71. The lowest BCUT2D eigenvalue weighted by Crippen LogP contribution is -2.60. The number of amides is 1. The minimum atomic E-state index is -1.55. The smallest absolute Gasteiger partial charge is 0.331 e. The van der Waals surface area contributed by atoms with E-state index in [9.17, 15) is 9.59 Å². The van der Waals surface area contributed by atoms with Crippen molar-refractivity contribution in [1.29, 1.82) is 0 Å². The van der Waals surface area contributed by atoms with E-state index < -0.39 is 18.1 Å². The molecule has 0 aromatic heterocycles. The Morgan fingerprint density at radius 2 is 2.31 bits per heavy atom. The zero-order valence-corrected chi connectivity index (χ0v) is 9.87. The van der Waals surface area contributed by atoms with Crippen LogP contribution in [0.4, 0.5) is 0 Å². The van der Waals surface area contributed by atoms with Gasteiger partial charge in [0.15, 0.2) is 5.54 Å². The third kappa shape index (κ3) is 2.63. The first kappa shape index (κ1) is 15.2. The molecule has 0 aliphatic carbocycles. The van der Waals surface area contributed by atoms with Crippen molar-refractivity contribution >= 4 is 24.8 Å². The molecule has 0 aromatic rings. The van der Waals surface area contributed by atoms with E-state index in [-0.39, 0.29) is 18.6 Å². The molecular weight excluding hydrogens is 236 g/mol. The summed E-state index contributed by atoms with van der Waals surface area (Å²) in [5.41, 5.74) is -1.55. The highest BCUT2D eigenvalue weighted by Gasteiger charge is 2.42. The number of nitrogens with zero attached hydrogens (tertiary/aromatic N) is 1. The van der Waals surface area contributed by atoms with Gasteiger partial charge in [-0.25, -0.2) is 4.79 Å². The van der Waals surface area contributed by atoms with Crippen LogP contribution < -0.4 is 5.32 Å². The first-order valence-corrected chi connectivity index (χ1v) is 4.87. The summed E-state index contributed by atoms with van der Waals surface area (Å²) in [7, 11) is 0. The van der Waals surface area contributed by atoms with E-state index >= 15 is 0 Å². The van der Waals surface area contributed by atoms with Gasteiger partial charge in [-0.1, -0.05) is 0 Å². The third-order valence-electron chi connectivity index (χ3n) is 2.82. The number of aliphatic hydroxyl groups excluding tert-OH is 1. The maximum Gasteiger partial charge on any atom is 0.331 e. The lowest BCUT2D eigenvalue weighted by atomic mass is 10.0. The fourth-order valence-electron chi connectivity index (χ4n) is 1.70. The van der Waals surface area contributed by atoms with Crippen LogP contribution in [-0.4, -0.2) is 52.3 Å². The number of halogens is 1. The van der Waals surface area contributed by atoms with Crippen molar-refractivity contribution in [3.63, 3.8) is 0 Å². The summed E-state index contributed by atoms with van der Waals surface area (Å²) in [5, 5.41) is 21.1. The predicted octanol–water partition coefficient (Wildman–Crippen LogP) is -0.588. The maximum atomic E-state index is 11.0. The van der Waals surface area contributed by atoms with E-state index in [0.717, 1.165) is 17.9 Å². The van der Waals surface area contributed by atoms with Crippen LogP contribution >= 0.6 is 12.4 Å². The number of rotatable bonds is 5. The molecule has 0 radical (unpaired) electrons. The molecule has 1 heterocycles. The van der Waals surface area contributed by atoms with E-state index in [1.165, 1.54) is 6.92 Å². The molecule has 1 aliphatic heterocycles. The van der Waals surface area contributed by atoms with Crippen LogP contribution in [0, 0.1) is 0 Å². The van der Waals surface area contributed by atoms with Gasteiger partial charge in [-0.3, -0.25) is 10.1 Å². The van der Waals surface area contributed by atoms with E-state index in [4.69, 9.17) is 10.2 Å². The summed E-state index contributed by atoms with van der Waals surface area (Å²) in [4.78, 5) is 23.1. The van der Waals surface area contributed by atoms with Crippen molar-refractivity contribution in [2.24, 2.45) is 0 Å². The minimum Gasteiger partial charge on any atom is -0.479 e. The van der Waals surface area contributed by atoms with Crippen molar-refractivity contribution in [2.45, 2.75) is 31.5 Å². The summed E-state index contributed by atoms with van der Waals surface area (Å²) in [6.45, 7) is 1.50. The molecule has 0 aromatic carbocycles. The number of carbonyl (C=O) groups excluding carboxylic acids is 1. The van der Waals surface area contributed by atoms with Crippen LogP contribution in [0.15, 0.2) is 0 Å². The molecule has 6 nitrogen and oxygen atoms in total. The Morgan fingerprint density at radius 3 is 2.62 bits per heavy atom. The molecule has 2 atom stereocenters. The van der Waals surface area contributed by atoms with E-state index in [1.54, 1.807) is 0 Å². The molecule has 1 fully saturated rings. The average Bonchev–Trinajstić information content (AvgIpc) is 2.71. The highest BCUT2D eigenvalue weighted by molar-refractivity contribution is 5.85. The van der Waals surface area contributed by atoms with Gasteiger partial charge in [-0.2, -0.15) is 0 Å². The van der Waals surface area contributed by atoms with Gasteiger partial charge in [0, 0.05) is 0 Å². The first-order valence-electron chi connectivity index (χ1n) is 4.87. The average molecular weight is 253 g/mol. The van der Waals surface area contributed by atoms with Crippen molar-refractivity contribution in [1.82, 2.24) is 10.2 Å². The van der Waals surface area contributed by atoms with Crippen molar-refractivity contribution in [3.8, 4) is 0 Å². The second-order valence-corrected chi connectivity index (χ2v) is 3.86. The molecule has 94 valence electrons. The Hall–Kier alpha value is -0.850. The third-order valence-corrected chi connectivity index (χ3v) is 2.82. The standard InChI is InChI=1S/C9H16N2O4.ClH/c1-9(5-12,8(14)15)11(6-13)7-3-2-4-10-7;/h6-7,10,12H,2-5H2,1H3,(H,14,15);1H. The first-order chi connectivity index (χ1) is 7.06. The zero-order chi connectivity index (χ0) is 11.5. The van der Waals surface area contributed by atoms with Gasteiger partial charge in [-0.15, -0.1) is 12.4 Å². The molecule has 0 bridgehead atoms. The SMILES string of the molecule is CC(CO)(C(=O)O)N(C=O)C1CCCN1.Cl. The Bertz CT molecular complexity index is 258. The van der Waals surface area contributed by atoms with Gasteiger partial charge >= 0.3 is 5.97 Å². The maximum absolute atomic E-state index is 11.0. The molecule has 1 saturated heterocycles. The van der Waals surface area contributed by atoms with Gasteiger partial charge in [0.05, 0.1) is 12.8 Å². The van der Waals surface area contributed by atoms with Crippen molar-refractivity contribution in [3.05, 3.63) is 0 Å². The van der Waals surface area contributed by atoms with Crippen LogP contribution in [0.5, 0.6) is 0 Å². The number of hydrogen-bond donors (Lipinski definition) is 3. The number of nitrogens with one attached hydrogen (secondary N) is 1. The van der Waals surface area contributed by atoms with E-state index in [0.29, 0.717) is 12.8 Å². The van der Waals surface area contributed by atoms with Crippen LogP contribution in [0.3, 0.4) is 0 Å². The molecule has 16 heavy (non-hydrogen) atoms. The fraction of sp³-hybridized carbons (Fsp3) is 0.778. The van der Waals surface area contributed by atoms with Gasteiger partial charge in [-0.05, 0) is 26.3 Å². The Morgan fingerprint density at radius 1 is 1.69 bits per heavy atom. The number of hydrogen-bond acceptors (Lipinski definition) is 4. The normalized spacial score (nSPS) is 23.0. The number of aliphatic carboxylic acids is 1. The lowest BCUT2D eigenvalue weighted by Gasteiger charge is -2.37. The number of carbonyl (C=O) groups is 2. The van der Waals surface area contributed by atoms with Crippen LogP contribution in [0.25, 0.3) is 0 Å². The summed E-state index contributed by atoms with van der Waals surface area (Å²) in [5.74, 6) is -1.20. The van der Waals surface area contributed by atoms with Gasteiger partial charge in [0.2, 0.25) is 6.41 Å². The predicted molar refractivity (Wildman–Crippen MR) is 59.3 cm³/mol. The monoisotopic (exact) mass is 252 g/mol. The summed E-state index contributed by atoms with van der Waals surface area (Å²) in [6.07, 6.45) is 1.79. The molecule has 1 amide bonds. The number of aliphatic hydroxyl groups is 1. The zero-order valence-electron chi connectivity index (χ0n) is 9.05. The number of carboxylic acid groups (broad SMARTS) is 1. The van der Waals surface area contributed by atoms with Gasteiger partial charge in [0.1, 0.15) is 0 Å². The highest BCUT2D eigenvalue weighted by Crippen LogP contribution is 2.20. The second kappa shape index (κ2) is 6.03. The topological polar surface area (TPSA) is 89.9 Å². The number of carboxylic acids is 1. The van der Waals surface area contributed by atoms with Gasteiger partial charge < -0.3 is 15.1 Å². The van der Waals surface area contributed by atoms with E-state index in [1.807, 2.05) is 0 Å². The second-order valence-electron chi connectivity index (χ2n) is 3.86. The van der Waals surface area contributed by atoms with Crippen molar-refractivity contribution < 1.29 is 19.8 Å². The molecule has 2 unspecified atom stereocenters. The molecule has 7 heteroatoms. The fourth-order valence-corrected chi connectivity index (χ4v) is 1.70. The summed E-state index contributed by atoms with van der Waals surface area (Å²) >= 11 is 0. The molecular formula is C9H17ClN2O4. The van der Waals surface area contributed by atoms with Gasteiger partial charge in [0.25, 0.3) is 0 Å². The summed E-state index contributed by atoms with van der Waals surface area (Å²) < 4.78 is 0. The highest BCUT2D eigenvalue weighted by atomic mass is 35.5. The summed E-state index contributed by atoms with van der Waals surface area (Å²) in [6, 6.07) is 0. The molecule has 1 rings (SSSR count). The lowest BCUT2D eigenvalue weighted by molar-refractivity contribution is -0.159. The van der Waals surface area contributed by atoms with Crippen LogP contribution in [-0.2, 0) is 9.59 Å². The largest absolute Gasteiger partial charge is 0.479 e. The van der Waals surface area contributed by atoms with E-state index in [2.05, 4.69) is 5.32 Å². The quantitative estimate of drug-likeness (QED) is 0.569. The molecule has 0 saturated carbocycles. The minimum absolute atomic E-state index is 0.